The van der Waals surface area contributed by atoms with Crippen LogP contribution in [0.25, 0.3) is 0 Å². The summed E-state index contributed by atoms with van der Waals surface area (Å²) in [5.74, 6) is 0.841. The Bertz CT molecular complexity index is 286. The van der Waals surface area contributed by atoms with Crippen LogP contribution in [0.5, 0.6) is 0 Å². The van der Waals surface area contributed by atoms with Crippen LogP contribution < -0.4 is 10.6 Å². The van der Waals surface area contributed by atoms with Crippen LogP contribution in [0.15, 0.2) is 0 Å². The maximum absolute atomic E-state index is 11.8. The lowest BCUT2D eigenvalue weighted by Crippen LogP contribution is -2.46. The van der Waals surface area contributed by atoms with Gasteiger partial charge >= 0.3 is 0 Å². The fourth-order valence-electron chi connectivity index (χ4n) is 3.35. The molecule has 0 spiro atoms. The highest BCUT2D eigenvalue weighted by atomic mass is 16.2. The number of carbonyl (C=O) groups excluding carboxylic acids is 1. The first-order valence-electron chi connectivity index (χ1n) is 7.74. The minimum absolute atomic E-state index is 0.102. The maximum Gasteiger partial charge on any atom is 0.234 e. The van der Waals surface area contributed by atoms with Gasteiger partial charge < -0.3 is 10.6 Å². The Morgan fingerprint density at radius 2 is 1.79 bits per heavy atom. The summed E-state index contributed by atoms with van der Waals surface area (Å²) in [4.78, 5) is 11.8. The Labute approximate surface area is 118 Å². The molecule has 1 fully saturated rings. The summed E-state index contributed by atoms with van der Waals surface area (Å²) in [6.45, 7) is 12.1. The second kappa shape index (κ2) is 6.74. The second-order valence-corrected chi connectivity index (χ2v) is 7.71. The number of hydrogen-bond acceptors (Lipinski definition) is 2. The van der Waals surface area contributed by atoms with E-state index in [-0.39, 0.29) is 11.4 Å². The minimum Gasteiger partial charge on any atom is -0.350 e. The number of rotatable bonds is 6. The first-order chi connectivity index (χ1) is 8.72. The van der Waals surface area contributed by atoms with E-state index in [0.29, 0.717) is 12.0 Å². The van der Waals surface area contributed by atoms with Crippen molar-refractivity contribution < 1.29 is 4.79 Å². The van der Waals surface area contributed by atoms with E-state index < -0.39 is 0 Å². The highest BCUT2D eigenvalue weighted by Gasteiger charge is 2.34. The van der Waals surface area contributed by atoms with Crippen LogP contribution in [0, 0.1) is 11.3 Å². The molecule has 0 saturated heterocycles. The van der Waals surface area contributed by atoms with Crippen LogP contribution in [0.4, 0.5) is 0 Å². The van der Waals surface area contributed by atoms with Gasteiger partial charge in [0.15, 0.2) is 0 Å². The third-order valence-corrected chi connectivity index (χ3v) is 3.81. The summed E-state index contributed by atoms with van der Waals surface area (Å²) in [5.41, 5.74) is 0.303. The highest BCUT2D eigenvalue weighted by molar-refractivity contribution is 5.78. The fraction of sp³-hybridized carbons (Fsp3) is 0.938. The van der Waals surface area contributed by atoms with E-state index in [9.17, 15) is 4.79 Å². The molecule has 0 bridgehead atoms. The van der Waals surface area contributed by atoms with E-state index in [1.807, 2.05) is 20.8 Å². The van der Waals surface area contributed by atoms with Gasteiger partial charge in [-0.3, -0.25) is 4.79 Å². The molecule has 0 radical (unpaired) electrons. The van der Waals surface area contributed by atoms with Crippen molar-refractivity contribution in [1.29, 1.82) is 0 Å². The van der Waals surface area contributed by atoms with Crippen LogP contribution >= 0.6 is 0 Å². The molecule has 3 nitrogen and oxygen atoms in total. The molecule has 0 unspecified atom stereocenters. The first kappa shape index (κ1) is 16.5. The van der Waals surface area contributed by atoms with E-state index in [4.69, 9.17) is 0 Å². The largest absolute Gasteiger partial charge is 0.350 e. The Morgan fingerprint density at radius 1 is 1.21 bits per heavy atom. The predicted molar refractivity (Wildman–Crippen MR) is 81.1 cm³/mol. The van der Waals surface area contributed by atoms with Crippen molar-refractivity contribution in [3.05, 3.63) is 0 Å². The predicted octanol–water partition coefficient (Wildman–Crippen LogP) is 3.10. The molecule has 0 aromatic carbocycles. The zero-order valence-corrected chi connectivity index (χ0v) is 13.4. The van der Waals surface area contributed by atoms with Crippen molar-refractivity contribution in [3.63, 3.8) is 0 Å². The maximum atomic E-state index is 11.8. The minimum atomic E-state index is -0.137. The molecular weight excluding hydrogens is 236 g/mol. The van der Waals surface area contributed by atoms with E-state index in [2.05, 4.69) is 24.5 Å². The molecule has 1 rings (SSSR count). The topological polar surface area (TPSA) is 41.1 Å². The third-order valence-electron chi connectivity index (χ3n) is 3.81. The molecule has 1 saturated carbocycles. The van der Waals surface area contributed by atoms with Gasteiger partial charge in [0.2, 0.25) is 5.91 Å². The SMILES string of the molecule is CC(C)CC1(CNCC(=O)NC(C)(C)C)CCCC1. The summed E-state index contributed by atoms with van der Waals surface area (Å²) >= 11 is 0. The number of amides is 1. The quantitative estimate of drug-likeness (QED) is 0.777. The number of hydrogen-bond donors (Lipinski definition) is 2. The Kier molecular flexibility index (Phi) is 5.84. The summed E-state index contributed by atoms with van der Waals surface area (Å²) in [6.07, 6.45) is 6.62. The van der Waals surface area contributed by atoms with E-state index in [0.717, 1.165) is 12.5 Å². The first-order valence-corrected chi connectivity index (χ1v) is 7.74. The molecule has 3 heteroatoms. The molecule has 0 heterocycles. The standard InChI is InChI=1S/C16H32N2O/c1-13(2)10-16(8-6-7-9-16)12-17-11-14(19)18-15(3,4)5/h13,17H,6-12H2,1-5H3,(H,18,19). The number of nitrogens with one attached hydrogen (secondary N) is 2. The monoisotopic (exact) mass is 268 g/mol. The average Bonchev–Trinajstić information content (AvgIpc) is 2.62. The lowest BCUT2D eigenvalue weighted by Gasteiger charge is -2.31. The van der Waals surface area contributed by atoms with Crippen LogP contribution in [-0.2, 0) is 4.79 Å². The van der Waals surface area contributed by atoms with Crippen molar-refractivity contribution in [2.75, 3.05) is 13.1 Å². The van der Waals surface area contributed by atoms with Crippen molar-refractivity contribution in [3.8, 4) is 0 Å². The van der Waals surface area contributed by atoms with Crippen molar-refractivity contribution in [1.82, 2.24) is 10.6 Å². The number of carbonyl (C=O) groups is 1. The van der Waals surface area contributed by atoms with Gasteiger partial charge in [0.1, 0.15) is 0 Å². The zero-order chi connectivity index (χ0) is 14.5. The molecule has 0 aromatic heterocycles. The Balaban J connectivity index is 2.35. The van der Waals surface area contributed by atoms with Crippen LogP contribution in [0.3, 0.4) is 0 Å². The summed E-state index contributed by atoms with van der Waals surface area (Å²) in [5, 5.41) is 6.38. The van der Waals surface area contributed by atoms with Gasteiger partial charge in [0.25, 0.3) is 0 Å². The molecule has 0 atom stereocenters. The lowest BCUT2D eigenvalue weighted by atomic mass is 9.78. The van der Waals surface area contributed by atoms with Crippen molar-refractivity contribution >= 4 is 5.91 Å². The summed E-state index contributed by atoms with van der Waals surface area (Å²) in [6, 6.07) is 0. The van der Waals surface area contributed by atoms with Gasteiger partial charge in [-0.2, -0.15) is 0 Å². The molecular formula is C16H32N2O. The zero-order valence-electron chi connectivity index (χ0n) is 13.4. The van der Waals surface area contributed by atoms with E-state index >= 15 is 0 Å². The van der Waals surface area contributed by atoms with E-state index in [1.54, 1.807) is 0 Å². The molecule has 19 heavy (non-hydrogen) atoms. The Hall–Kier alpha value is -0.570. The van der Waals surface area contributed by atoms with E-state index in [1.165, 1.54) is 32.1 Å². The highest BCUT2D eigenvalue weighted by Crippen LogP contribution is 2.42. The third kappa shape index (κ3) is 6.42. The lowest BCUT2D eigenvalue weighted by molar-refractivity contribution is -0.121. The van der Waals surface area contributed by atoms with Crippen LogP contribution in [-0.4, -0.2) is 24.5 Å². The molecule has 2 N–H and O–H groups in total. The molecule has 0 aliphatic heterocycles. The molecule has 1 aliphatic rings. The average molecular weight is 268 g/mol. The second-order valence-electron chi connectivity index (χ2n) is 7.71. The van der Waals surface area contributed by atoms with Gasteiger partial charge in [-0.1, -0.05) is 26.7 Å². The smallest absolute Gasteiger partial charge is 0.234 e. The van der Waals surface area contributed by atoms with Crippen LogP contribution in [0.2, 0.25) is 0 Å². The van der Waals surface area contributed by atoms with Crippen LogP contribution in [0.1, 0.15) is 66.7 Å². The Morgan fingerprint density at radius 3 is 2.26 bits per heavy atom. The fourth-order valence-corrected chi connectivity index (χ4v) is 3.35. The van der Waals surface area contributed by atoms with Crippen molar-refractivity contribution in [2.45, 2.75) is 72.3 Å². The van der Waals surface area contributed by atoms with Crippen molar-refractivity contribution in [2.24, 2.45) is 11.3 Å². The van der Waals surface area contributed by atoms with Gasteiger partial charge in [-0.15, -0.1) is 0 Å². The van der Waals surface area contributed by atoms with Gasteiger partial charge in [-0.25, -0.2) is 0 Å². The van der Waals surface area contributed by atoms with Gasteiger partial charge in [-0.05, 0) is 51.4 Å². The van der Waals surface area contributed by atoms with Gasteiger partial charge in [0, 0.05) is 12.1 Å². The van der Waals surface area contributed by atoms with Gasteiger partial charge in [0.05, 0.1) is 6.54 Å². The molecule has 1 amide bonds. The molecule has 1 aliphatic carbocycles. The summed E-state index contributed by atoms with van der Waals surface area (Å²) in [7, 11) is 0. The summed E-state index contributed by atoms with van der Waals surface area (Å²) < 4.78 is 0. The normalized spacial score (nSPS) is 18.8. The molecule has 0 aromatic rings. The molecule has 112 valence electrons.